The summed E-state index contributed by atoms with van der Waals surface area (Å²) in [4.78, 5) is 14.3. The number of hydrogen-bond donors (Lipinski definition) is 2. The third-order valence-corrected chi connectivity index (χ3v) is 4.19. The molecule has 2 atom stereocenters. The highest BCUT2D eigenvalue weighted by Crippen LogP contribution is 2.26. The van der Waals surface area contributed by atoms with Crippen molar-refractivity contribution in [2.45, 2.75) is 0 Å². The average molecular weight is 312 g/mol. The third-order valence-electron chi connectivity index (χ3n) is 4.19. The molecule has 0 aromatic heterocycles. The van der Waals surface area contributed by atoms with Crippen molar-refractivity contribution in [1.29, 1.82) is 0 Å². The fraction of sp³-hybridized carbons (Fsp3) is 0.533. The SMILES string of the molecule is COc1cccc(NC(=O)CN2C[C@H]3CNC[C@H]3C2)c1.Cl. The van der Waals surface area contributed by atoms with E-state index in [1.54, 1.807) is 7.11 Å². The van der Waals surface area contributed by atoms with Gasteiger partial charge in [0.2, 0.25) is 5.91 Å². The molecule has 5 nitrogen and oxygen atoms in total. The minimum atomic E-state index is 0. The second-order valence-electron chi connectivity index (χ2n) is 5.65. The fourth-order valence-electron chi connectivity index (χ4n) is 3.19. The molecule has 2 heterocycles. The van der Waals surface area contributed by atoms with Gasteiger partial charge in [0, 0.05) is 24.8 Å². The van der Waals surface area contributed by atoms with Gasteiger partial charge in [-0.1, -0.05) is 6.07 Å². The van der Waals surface area contributed by atoms with Gasteiger partial charge in [0.1, 0.15) is 5.75 Å². The Morgan fingerprint density at radius 3 is 2.76 bits per heavy atom. The van der Waals surface area contributed by atoms with Crippen LogP contribution in [0.15, 0.2) is 24.3 Å². The van der Waals surface area contributed by atoms with Crippen molar-refractivity contribution in [2.75, 3.05) is 45.2 Å². The van der Waals surface area contributed by atoms with Crippen molar-refractivity contribution in [3.8, 4) is 5.75 Å². The Morgan fingerprint density at radius 2 is 2.10 bits per heavy atom. The number of likely N-dealkylation sites (tertiary alicyclic amines) is 1. The van der Waals surface area contributed by atoms with Crippen LogP contribution in [-0.4, -0.2) is 50.6 Å². The van der Waals surface area contributed by atoms with Crippen molar-refractivity contribution in [3.05, 3.63) is 24.3 Å². The normalized spacial score (nSPS) is 24.2. The molecule has 2 aliphatic heterocycles. The number of benzene rings is 1. The highest BCUT2D eigenvalue weighted by Gasteiger charge is 2.36. The first-order valence-electron chi connectivity index (χ1n) is 7.11. The zero-order valence-electron chi connectivity index (χ0n) is 12.2. The molecule has 0 unspecified atom stereocenters. The van der Waals surface area contributed by atoms with E-state index in [1.165, 1.54) is 0 Å². The van der Waals surface area contributed by atoms with Gasteiger partial charge in [-0.15, -0.1) is 12.4 Å². The number of carbonyl (C=O) groups excluding carboxylic acids is 1. The summed E-state index contributed by atoms with van der Waals surface area (Å²) in [5.41, 5.74) is 0.787. The van der Waals surface area contributed by atoms with Crippen molar-refractivity contribution in [1.82, 2.24) is 10.2 Å². The van der Waals surface area contributed by atoms with Gasteiger partial charge in [0.15, 0.2) is 0 Å². The van der Waals surface area contributed by atoms with Crippen LogP contribution in [0.2, 0.25) is 0 Å². The summed E-state index contributed by atoms with van der Waals surface area (Å²) in [6, 6.07) is 7.45. The minimum Gasteiger partial charge on any atom is -0.497 e. The summed E-state index contributed by atoms with van der Waals surface area (Å²) in [5, 5.41) is 6.34. The molecule has 2 N–H and O–H groups in total. The van der Waals surface area contributed by atoms with Crippen molar-refractivity contribution in [3.63, 3.8) is 0 Å². The van der Waals surface area contributed by atoms with E-state index in [1.807, 2.05) is 24.3 Å². The molecule has 116 valence electrons. The summed E-state index contributed by atoms with van der Waals surface area (Å²) >= 11 is 0. The van der Waals surface area contributed by atoms with E-state index in [4.69, 9.17) is 4.74 Å². The van der Waals surface area contributed by atoms with E-state index in [0.29, 0.717) is 6.54 Å². The van der Waals surface area contributed by atoms with Crippen molar-refractivity contribution < 1.29 is 9.53 Å². The quantitative estimate of drug-likeness (QED) is 0.877. The summed E-state index contributed by atoms with van der Waals surface area (Å²) in [7, 11) is 1.62. The topological polar surface area (TPSA) is 53.6 Å². The van der Waals surface area contributed by atoms with Crippen LogP contribution < -0.4 is 15.4 Å². The Balaban J connectivity index is 0.00000161. The molecule has 21 heavy (non-hydrogen) atoms. The third kappa shape index (κ3) is 3.87. The predicted octanol–water partition coefficient (Wildman–Crippen LogP) is 1.21. The molecule has 1 aromatic rings. The largest absolute Gasteiger partial charge is 0.497 e. The number of anilines is 1. The molecule has 2 fully saturated rings. The van der Waals surface area contributed by atoms with Gasteiger partial charge in [-0.3, -0.25) is 9.69 Å². The molecule has 1 amide bonds. The molecule has 0 aliphatic carbocycles. The Hall–Kier alpha value is -1.30. The number of nitrogens with one attached hydrogen (secondary N) is 2. The molecule has 3 rings (SSSR count). The Labute approximate surface area is 131 Å². The number of halogens is 1. The lowest BCUT2D eigenvalue weighted by Crippen LogP contribution is -2.33. The average Bonchev–Trinajstić information content (AvgIpc) is 2.99. The van der Waals surface area contributed by atoms with Crippen molar-refractivity contribution in [2.24, 2.45) is 11.8 Å². The standard InChI is InChI=1S/C15H21N3O2.ClH/c1-20-14-4-2-3-13(5-14)17-15(19)10-18-8-11-6-16-7-12(11)9-18;/h2-5,11-12,16H,6-10H2,1H3,(H,17,19);1H/t11-,12+;. The highest BCUT2D eigenvalue weighted by molar-refractivity contribution is 5.92. The van der Waals surface area contributed by atoms with Crippen molar-refractivity contribution >= 4 is 24.0 Å². The van der Waals surface area contributed by atoms with Crippen LogP contribution in [0.1, 0.15) is 0 Å². The van der Waals surface area contributed by atoms with Gasteiger partial charge in [-0.25, -0.2) is 0 Å². The van der Waals surface area contributed by atoms with E-state index < -0.39 is 0 Å². The number of nitrogens with zero attached hydrogens (tertiary/aromatic N) is 1. The summed E-state index contributed by atoms with van der Waals surface area (Å²) < 4.78 is 5.15. The number of fused-ring (bicyclic) bond motifs is 1. The predicted molar refractivity (Wildman–Crippen MR) is 85.2 cm³/mol. The summed E-state index contributed by atoms with van der Waals surface area (Å²) in [6.45, 7) is 4.73. The van der Waals surface area contributed by atoms with Gasteiger partial charge in [0.25, 0.3) is 0 Å². The number of amides is 1. The monoisotopic (exact) mass is 311 g/mol. The van der Waals surface area contributed by atoms with Crippen LogP contribution in [0.25, 0.3) is 0 Å². The number of methoxy groups -OCH3 is 1. The van der Waals surface area contributed by atoms with Crippen LogP contribution in [0.5, 0.6) is 5.75 Å². The zero-order chi connectivity index (χ0) is 13.9. The highest BCUT2D eigenvalue weighted by atomic mass is 35.5. The van der Waals surface area contributed by atoms with Crippen LogP contribution in [0, 0.1) is 11.8 Å². The van der Waals surface area contributed by atoms with Gasteiger partial charge in [-0.05, 0) is 37.1 Å². The molecule has 0 spiro atoms. The first kappa shape index (κ1) is 16.1. The van der Waals surface area contributed by atoms with E-state index in [-0.39, 0.29) is 18.3 Å². The number of rotatable bonds is 4. The van der Waals surface area contributed by atoms with Crippen LogP contribution in [0.3, 0.4) is 0 Å². The van der Waals surface area contributed by atoms with Crippen LogP contribution in [0.4, 0.5) is 5.69 Å². The van der Waals surface area contributed by atoms with E-state index in [0.717, 1.165) is 49.5 Å². The van der Waals surface area contributed by atoms with Crippen LogP contribution >= 0.6 is 12.4 Å². The molecule has 0 bridgehead atoms. The molecule has 0 saturated carbocycles. The molecule has 2 aliphatic rings. The lowest BCUT2D eigenvalue weighted by atomic mass is 10.0. The molecule has 6 heteroatoms. The molecule has 1 aromatic carbocycles. The molecule has 0 radical (unpaired) electrons. The molecular weight excluding hydrogens is 290 g/mol. The first-order valence-corrected chi connectivity index (χ1v) is 7.11. The second-order valence-corrected chi connectivity index (χ2v) is 5.65. The summed E-state index contributed by atoms with van der Waals surface area (Å²) in [6.07, 6.45) is 0. The molecular formula is C15H22ClN3O2. The second kappa shape index (κ2) is 7.11. The van der Waals surface area contributed by atoms with E-state index in [9.17, 15) is 4.79 Å². The first-order chi connectivity index (χ1) is 9.74. The fourth-order valence-corrected chi connectivity index (χ4v) is 3.19. The maximum absolute atomic E-state index is 12.1. The van der Waals surface area contributed by atoms with Crippen LogP contribution in [-0.2, 0) is 4.79 Å². The van der Waals surface area contributed by atoms with Gasteiger partial charge < -0.3 is 15.4 Å². The number of carbonyl (C=O) groups is 1. The Kier molecular flexibility index (Phi) is 5.45. The lowest BCUT2D eigenvalue weighted by Gasteiger charge is -2.16. The molecule has 2 saturated heterocycles. The van der Waals surface area contributed by atoms with E-state index >= 15 is 0 Å². The van der Waals surface area contributed by atoms with Gasteiger partial charge >= 0.3 is 0 Å². The summed E-state index contributed by atoms with van der Waals surface area (Å²) in [5.74, 6) is 2.25. The maximum Gasteiger partial charge on any atom is 0.238 e. The minimum absolute atomic E-state index is 0. The van der Waals surface area contributed by atoms with Gasteiger partial charge in [-0.2, -0.15) is 0 Å². The smallest absolute Gasteiger partial charge is 0.238 e. The number of ether oxygens (including phenoxy) is 1. The Bertz CT molecular complexity index is 486. The maximum atomic E-state index is 12.1. The van der Waals surface area contributed by atoms with E-state index in [2.05, 4.69) is 15.5 Å². The zero-order valence-corrected chi connectivity index (χ0v) is 13.0. The van der Waals surface area contributed by atoms with Gasteiger partial charge in [0.05, 0.1) is 13.7 Å². The Morgan fingerprint density at radius 1 is 1.38 bits per heavy atom. The lowest BCUT2D eigenvalue weighted by molar-refractivity contribution is -0.117. The number of hydrogen-bond acceptors (Lipinski definition) is 4.